The number of hydrogen-bond acceptors (Lipinski definition) is 3. The van der Waals surface area contributed by atoms with Gasteiger partial charge in [-0.15, -0.1) is 0 Å². The number of carbonyl (C=O) groups is 1. The van der Waals surface area contributed by atoms with Crippen LogP contribution in [0.4, 0.5) is 20.6 Å². The van der Waals surface area contributed by atoms with Crippen LogP contribution in [-0.2, 0) is 9.31 Å². The van der Waals surface area contributed by atoms with Crippen LogP contribution in [0.5, 0.6) is 0 Å². The van der Waals surface area contributed by atoms with Gasteiger partial charge in [-0.1, -0.05) is 24.3 Å². The van der Waals surface area contributed by atoms with E-state index in [9.17, 15) is 9.18 Å². The van der Waals surface area contributed by atoms with Crippen LogP contribution >= 0.6 is 0 Å². The molecule has 0 atom stereocenters. The Labute approximate surface area is 153 Å². The molecule has 0 bridgehead atoms. The standard InChI is InChI=1S/C19H22BFN2O3/c1-18(2)19(3,4)26-20(25-18)13-9-11-14(12-10-13)22-17(24)23-16-8-6-5-7-15(16)21/h5-12H,1-4H3,(H2,22,23,24). The van der Waals surface area contributed by atoms with Crippen molar-refractivity contribution in [3.63, 3.8) is 0 Å². The number of nitrogens with one attached hydrogen (secondary N) is 2. The summed E-state index contributed by atoms with van der Waals surface area (Å²) in [4.78, 5) is 12.0. The minimum absolute atomic E-state index is 0.124. The molecule has 136 valence electrons. The maximum Gasteiger partial charge on any atom is 0.494 e. The number of amides is 2. The molecule has 2 aromatic rings. The average molecular weight is 356 g/mol. The fourth-order valence-corrected chi connectivity index (χ4v) is 2.55. The van der Waals surface area contributed by atoms with Gasteiger partial charge in [-0.3, -0.25) is 0 Å². The molecule has 3 rings (SSSR count). The Balaban J connectivity index is 1.63. The molecule has 1 aliphatic rings. The van der Waals surface area contributed by atoms with Crippen molar-refractivity contribution in [3.05, 3.63) is 54.3 Å². The summed E-state index contributed by atoms with van der Waals surface area (Å²) in [5.41, 5.74) is 0.754. The van der Waals surface area contributed by atoms with Crippen LogP contribution in [0.3, 0.4) is 0 Å². The van der Waals surface area contributed by atoms with E-state index in [1.54, 1.807) is 24.3 Å². The van der Waals surface area contributed by atoms with Crippen LogP contribution in [0.25, 0.3) is 0 Å². The Kier molecular flexibility index (Phi) is 4.77. The van der Waals surface area contributed by atoms with Gasteiger partial charge in [0.2, 0.25) is 0 Å². The monoisotopic (exact) mass is 356 g/mol. The first kappa shape index (κ1) is 18.4. The third-order valence-corrected chi connectivity index (χ3v) is 4.82. The van der Waals surface area contributed by atoms with E-state index in [0.717, 1.165) is 5.46 Å². The van der Waals surface area contributed by atoms with Gasteiger partial charge in [0, 0.05) is 5.69 Å². The van der Waals surface area contributed by atoms with Gasteiger partial charge in [0.25, 0.3) is 0 Å². The molecule has 0 aliphatic carbocycles. The Bertz CT molecular complexity index is 793. The van der Waals surface area contributed by atoms with Crippen LogP contribution < -0.4 is 16.1 Å². The first-order chi connectivity index (χ1) is 12.2. The molecule has 0 saturated carbocycles. The Hall–Kier alpha value is -2.38. The van der Waals surface area contributed by atoms with E-state index in [0.29, 0.717) is 5.69 Å². The van der Waals surface area contributed by atoms with Crippen LogP contribution in [0.15, 0.2) is 48.5 Å². The highest BCUT2D eigenvalue weighted by Crippen LogP contribution is 2.36. The minimum atomic E-state index is -0.515. The smallest absolute Gasteiger partial charge is 0.399 e. The molecule has 0 aromatic heterocycles. The van der Waals surface area contributed by atoms with Gasteiger partial charge < -0.3 is 19.9 Å². The largest absolute Gasteiger partial charge is 0.494 e. The summed E-state index contributed by atoms with van der Waals surface area (Å²) in [7, 11) is -0.457. The van der Waals surface area contributed by atoms with Crippen LogP contribution in [0.2, 0.25) is 0 Å². The van der Waals surface area contributed by atoms with Gasteiger partial charge in [-0.05, 0) is 57.4 Å². The van der Waals surface area contributed by atoms with Crippen LogP contribution in [0.1, 0.15) is 27.7 Å². The fourth-order valence-electron chi connectivity index (χ4n) is 2.55. The predicted octanol–water partition coefficient (Wildman–Crippen LogP) is 3.77. The molecule has 2 aromatic carbocycles. The fraction of sp³-hybridized carbons (Fsp3) is 0.316. The molecule has 7 heteroatoms. The molecule has 1 fully saturated rings. The van der Waals surface area contributed by atoms with E-state index in [-0.39, 0.29) is 5.69 Å². The van der Waals surface area contributed by atoms with E-state index in [1.165, 1.54) is 12.1 Å². The lowest BCUT2D eigenvalue weighted by molar-refractivity contribution is 0.00578. The van der Waals surface area contributed by atoms with E-state index in [4.69, 9.17) is 9.31 Å². The summed E-state index contributed by atoms with van der Waals surface area (Å²) in [6, 6.07) is 12.7. The van der Waals surface area contributed by atoms with Crippen LogP contribution in [-0.4, -0.2) is 24.4 Å². The van der Waals surface area contributed by atoms with Gasteiger partial charge in [0.15, 0.2) is 0 Å². The number of benzene rings is 2. The quantitative estimate of drug-likeness (QED) is 0.823. The maximum absolute atomic E-state index is 13.6. The second-order valence-corrected chi connectivity index (χ2v) is 7.27. The van der Waals surface area contributed by atoms with Gasteiger partial charge in [0.1, 0.15) is 5.82 Å². The molecule has 2 amide bonds. The number of carbonyl (C=O) groups excluding carboxylic acids is 1. The lowest BCUT2D eigenvalue weighted by Gasteiger charge is -2.32. The Morgan fingerprint density at radius 2 is 1.50 bits per heavy atom. The number of anilines is 2. The van der Waals surface area contributed by atoms with Crippen molar-refractivity contribution in [2.75, 3.05) is 10.6 Å². The molecule has 0 unspecified atom stereocenters. The lowest BCUT2D eigenvalue weighted by atomic mass is 9.79. The zero-order valence-electron chi connectivity index (χ0n) is 15.3. The van der Waals surface area contributed by atoms with E-state index in [1.807, 2.05) is 39.8 Å². The van der Waals surface area contributed by atoms with Crippen molar-refractivity contribution in [1.29, 1.82) is 0 Å². The highest BCUT2D eigenvalue weighted by Gasteiger charge is 2.51. The normalized spacial score (nSPS) is 17.8. The maximum atomic E-state index is 13.6. The van der Waals surface area contributed by atoms with E-state index >= 15 is 0 Å². The van der Waals surface area contributed by atoms with Gasteiger partial charge in [0.05, 0.1) is 16.9 Å². The summed E-state index contributed by atoms with van der Waals surface area (Å²) in [6.45, 7) is 7.98. The summed E-state index contributed by atoms with van der Waals surface area (Å²) in [5.74, 6) is -0.487. The van der Waals surface area contributed by atoms with Crippen molar-refractivity contribution in [1.82, 2.24) is 0 Å². The second-order valence-electron chi connectivity index (χ2n) is 7.27. The molecule has 5 nitrogen and oxygen atoms in total. The summed E-state index contributed by atoms with van der Waals surface area (Å²) < 4.78 is 25.6. The molecule has 1 saturated heterocycles. The van der Waals surface area contributed by atoms with E-state index < -0.39 is 30.2 Å². The third kappa shape index (κ3) is 3.74. The first-order valence-corrected chi connectivity index (χ1v) is 8.46. The van der Waals surface area contributed by atoms with Crippen LogP contribution in [0, 0.1) is 5.82 Å². The average Bonchev–Trinajstić information content (AvgIpc) is 2.78. The first-order valence-electron chi connectivity index (χ1n) is 8.46. The summed E-state index contributed by atoms with van der Waals surface area (Å²) >= 11 is 0. The van der Waals surface area contributed by atoms with Crippen molar-refractivity contribution < 1.29 is 18.5 Å². The molecule has 2 N–H and O–H groups in total. The van der Waals surface area contributed by atoms with E-state index in [2.05, 4.69) is 10.6 Å². The van der Waals surface area contributed by atoms with Crippen molar-refractivity contribution >= 4 is 30.0 Å². The molecule has 26 heavy (non-hydrogen) atoms. The molecular formula is C19H22BFN2O3. The number of rotatable bonds is 3. The third-order valence-electron chi connectivity index (χ3n) is 4.82. The van der Waals surface area contributed by atoms with Gasteiger partial charge >= 0.3 is 13.1 Å². The predicted molar refractivity (Wildman–Crippen MR) is 101 cm³/mol. The van der Waals surface area contributed by atoms with Crippen molar-refractivity contribution in [3.8, 4) is 0 Å². The lowest BCUT2D eigenvalue weighted by Crippen LogP contribution is -2.41. The highest BCUT2D eigenvalue weighted by atomic mass is 19.1. The molecular weight excluding hydrogens is 334 g/mol. The summed E-state index contributed by atoms with van der Waals surface area (Å²) in [5, 5.41) is 5.15. The SMILES string of the molecule is CC1(C)OB(c2ccc(NC(=O)Nc3ccccc3F)cc2)OC1(C)C. The second kappa shape index (κ2) is 6.74. The van der Waals surface area contributed by atoms with Gasteiger partial charge in [-0.2, -0.15) is 0 Å². The highest BCUT2D eigenvalue weighted by molar-refractivity contribution is 6.62. The molecule has 0 radical (unpaired) electrons. The zero-order chi connectivity index (χ0) is 18.9. The van der Waals surface area contributed by atoms with Crippen molar-refractivity contribution in [2.45, 2.75) is 38.9 Å². The number of para-hydroxylation sites is 1. The number of halogens is 1. The Morgan fingerprint density at radius 3 is 2.08 bits per heavy atom. The van der Waals surface area contributed by atoms with Gasteiger partial charge in [-0.25, -0.2) is 9.18 Å². The Morgan fingerprint density at radius 1 is 0.923 bits per heavy atom. The molecule has 1 heterocycles. The zero-order valence-corrected chi connectivity index (χ0v) is 15.3. The summed E-state index contributed by atoms with van der Waals surface area (Å²) in [6.07, 6.45) is 0. The topological polar surface area (TPSA) is 59.6 Å². The molecule has 1 aliphatic heterocycles. The van der Waals surface area contributed by atoms with Crippen molar-refractivity contribution in [2.24, 2.45) is 0 Å². The number of hydrogen-bond donors (Lipinski definition) is 2. The molecule has 0 spiro atoms. The minimum Gasteiger partial charge on any atom is -0.399 e. The number of urea groups is 1.